The third-order valence-electron chi connectivity index (χ3n) is 6.61. The molecule has 0 aromatic rings. The number of hydrogen-bond donors (Lipinski definition) is 2. The number of carbonyl (C=O) groups excluding carboxylic acids is 2. The fourth-order valence-electron chi connectivity index (χ4n) is 5.15. The molecule has 23 heavy (non-hydrogen) atoms. The lowest BCUT2D eigenvalue weighted by Gasteiger charge is -2.58. The van der Waals surface area contributed by atoms with Gasteiger partial charge in [-0.25, -0.2) is 0 Å². The van der Waals surface area contributed by atoms with Gasteiger partial charge in [0.1, 0.15) is 23.9 Å². The molecule has 7 heteroatoms. The number of ether oxygens (including phenoxy) is 3. The summed E-state index contributed by atoms with van der Waals surface area (Å²) in [5.41, 5.74) is -2.57. The van der Waals surface area contributed by atoms with E-state index in [1.807, 2.05) is 6.92 Å². The molecular weight excluding hydrogens is 304 g/mol. The zero-order valence-electron chi connectivity index (χ0n) is 13.9. The monoisotopic (exact) mass is 325 g/mol. The van der Waals surface area contributed by atoms with Crippen LogP contribution in [-0.4, -0.2) is 65.7 Å². The van der Waals surface area contributed by atoms with Crippen LogP contribution in [0.25, 0.3) is 0 Å². The van der Waals surface area contributed by atoms with E-state index < -0.39 is 59.7 Å². The van der Waals surface area contributed by atoms with Crippen molar-refractivity contribution in [3.63, 3.8) is 0 Å². The molecule has 2 heterocycles. The fourth-order valence-corrected chi connectivity index (χ4v) is 5.15. The van der Waals surface area contributed by atoms with Gasteiger partial charge < -0.3 is 24.4 Å². The van der Waals surface area contributed by atoms with Crippen molar-refractivity contribution < 1.29 is 35.4 Å². The molecule has 0 aromatic heterocycles. The van der Waals surface area contributed by atoms with E-state index in [-0.39, 0.29) is 6.42 Å². The van der Waals surface area contributed by atoms with Crippen LogP contribution >= 0.6 is 0 Å². The van der Waals surface area contributed by atoms with Crippen LogP contribution < -0.4 is 0 Å². The summed E-state index contributed by atoms with van der Waals surface area (Å²) in [6.07, 6.45) is -2.74. The van der Waals surface area contributed by atoms with Crippen molar-refractivity contribution >= 4 is 12.2 Å². The predicted octanol–water partition coefficient (Wildman–Crippen LogP) is -0.657. The van der Waals surface area contributed by atoms with Gasteiger partial charge in [0.15, 0.2) is 7.15 Å². The van der Waals surface area contributed by atoms with Crippen molar-refractivity contribution in [2.24, 2.45) is 10.8 Å². The normalized spacial score (nSPS) is 54.3. The number of carbonyl (C=O) groups is 2. The number of Topliss-reactive ketones (excluding diaryl/α,β-unsaturated/α-hetero) is 1. The van der Waals surface area contributed by atoms with E-state index in [0.717, 1.165) is 0 Å². The smallest absolute Gasteiger partial charge is 0.293 e. The van der Waals surface area contributed by atoms with Gasteiger partial charge >= 0.3 is 0 Å². The summed E-state index contributed by atoms with van der Waals surface area (Å²) in [6.45, 7) is 3.30. The molecule has 7 nitrogen and oxygen atoms in total. The predicted molar refractivity (Wildman–Crippen MR) is 75.3 cm³/mol. The Morgan fingerprint density at radius 1 is 1.61 bits per heavy atom. The third-order valence-corrected chi connectivity index (χ3v) is 6.61. The lowest BCUT2D eigenvalue weighted by Crippen LogP contribution is -2.70. The first kappa shape index (κ1) is 14.1. The first-order valence-corrected chi connectivity index (χ1v) is 7.72. The highest BCUT2D eigenvalue weighted by Gasteiger charge is 2.83. The van der Waals surface area contributed by atoms with Crippen LogP contribution in [0.1, 0.15) is 21.6 Å². The minimum atomic E-state index is -1.44. The van der Waals surface area contributed by atoms with E-state index >= 15 is 0 Å². The van der Waals surface area contributed by atoms with Gasteiger partial charge in [-0.2, -0.15) is 0 Å². The molecule has 0 amide bonds. The molecule has 1 spiro atoms. The average Bonchev–Trinajstić information content (AvgIpc) is 3.27. The molecule has 3 fully saturated rings. The number of hydrogen-bond acceptors (Lipinski definition) is 7. The second kappa shape index (κ2) is 4.42. The highest BCUT2D eigenvalue weighted by molar-refractivity contribution is 6.00. The standard InChI is InChI=1S/C16H20O7/c1-8-3-10-15(5-17,12(20)11(8)19)14(2)4-9(21-7-18)13(23-10)16(14)6-22-16/h3,7,9-10,12-13,17,20H,4-6H2,1-2H3/t9-,10?,12?,13-,14-,15?,16+/m1/s1/i7D. The molecule has 4 aliphatic rings. The van der Waals surface area contributed by atoms with Crippen molar-refractivity contribution in [1.82, 2.24) is 0 Å². The van der Waals surface area contributed by atoms with Crippen LogP contribution in [-0.2, 0) is 23.8 Å². The van der Waals surface area contributed by atoms with Gasteiger partial charge in [-0.1, -0.05) is 6.92 Å². The second-order valence-electron chi connectivity index (χ2n) is 7.25. The van der Waals surface area contributed by atoms with Crippen LogP contribution in [0.4, 0.5) is 0 Å². The van der Waals surface area contributed by atoms with Crippen molar-refractivity contribution in [2.75, 3.05) is 13.2 Å². The Morgan fingerprint density at radius 2 is 2.30 bits per heavy atom. The summed E-state index contributed by atoms with van der Waals surface area (Å²) in [4.78, 5) is 23.6. The Kier molecular flexibility index (Phi) is 2.71. The quantitative estimate of drug-likeness (QED) is 0.513. The first-order chi connectivity index (χ1) is 11.2. The zero-order chi connectivity index (χ0) is 17.5. The average molecular weight is 325 g/mol. The van der Waals surface area contributed by atoms with Crippen molar-refractivity contribution in [2.45, 2.75) is 50.3 Å². The summed E-state index contributed by atoms with van der Waals surface area (Å²) >= 11 is 0. The molecule has 7 atom stereocenters. The van der Waals surface area contributed by atoms with Gasteiger partial charge in [-0.3, -0.25) is 9.59 Å². The van der Waals surface area contributed by atoms with Crippen LogP contribution in [0.5, 0.6) is 0 Å². The molecule has 3 unspecified atom stereocenters. The van der Waals surface area contributed by atoms with Crippen molar-refractivity contribution in [1.29, 1.82) is 0 Å². The van der Waals surface area contributed by atoms with Crippen LogP contribution in [0.2, 0.25) is 0 Å². The molecule has 4 rings (SSSR count). The molecule has 1 saturated carbocycles. The summed E-state index contributed by atoms with van der Waals surface area (Å²) in [7, 11) is 0. The van der Waals surface area contributed by atoms with E-state index in [1.165, 1.54) is 0 Å². The summed E-state index contributed by atoms with van der Waals surface area (Å²) < 4.78 is 24.0. The van der Waals surface area contributed by atoms with Crippen molar-refractivity contribution in [3.05, 3.63) is 11.6 Å². The number of rotatable bonds is 2. The van der Waals surface area contributed by atoms with Crippen LogP contribution in [0.3, 0.4) is 0 Å². The molecular formula is C16H20O7. The zero-order valence-corrected chi connectivity index (χ0v) is 12.9. The summed E-state index contributed by atoms with van der Waals surface area (Å²) in [5.74, 6) is -0.444. The number of epoxide rings is 1. The Morgan fingerprint density at radius 3 is 2.87 bits per heavy atom. The summed E-state index contributed by atoms with van der Waals surface area (Å²) in [6, 6.07) is 0. The molecule has 2 aliphatic carbocycles. The molecule has 0 radical (unpaired) electrons. The van der Waals surface area contributed by atoms with Gasteiger partial charge in [0.2, 0.25) is 0 Å². The van der Waals surface area contributed by atoms with E-state index in [0.29, 0.717) is 12.2 Å². The van der Waals surface area contributed by atoms with E-state index in [1.54, 1.807) is 13.0 Å². The van der Waals surface area contributed by atoms with E-state index in [9.17, 15) is 19.8 Å². The van der Waals surface area contributed by atoms with Gasteiger partial charge in [0, 0.05) is 5.41 Å². The Labute approximate surface area is 134 Å². The minimum absolute atomic E-state index is 0.247. The molecule has 2 bridgehead atoms. The largest absolute Gasteiger partial charge is 0.462 e. The number of aliphatic hydroxyl groups is 2. The highest BCUT2D eigenvalue weighted by atomic mass is 16.6. The van der Waals surface area contributed by atoms with Crippen molar-refractivity contribution in [3.8, 4) is 0 Å². The highest BCUT2D eigenvalue weighted by Crippen LogP contribution is 2.71. The first-order valence-electron chi connectivity index (χ1n) is 8.22. The molecule has 126 valence electrons. The fraction of sp³-hybridized carbons (Fsp3) is 0.750. The Hall–Kier alpha value is -1.28. The summed E-state index contributed by atoms with van der Waals surface area (Å²) in [5, 5.41) is 21.0. The number of ketones is 1. The van der Waals surface area contributed by atoms with Gasteiger partial charge in [-0.05, 0) is 25.0 Å². The maximum atomic E-state index is 12.4. The van der Waals surface area contributed by atoms with E-state index in [2.05, 4.69) is 0 Å². The van der Waals surface area contributed by atoms with Gasteiger partial charge in [0.25, 0.3) is 6.45 Å². The minimum Gasteiger partial charge on any atom is -0.462 e. The maximum Gasteiger partial charge on any atom is 0.293 e. The number of aliphatic hydroxyl groups excluding tert-OH is 2. The van der Waals surface area contributed by atoms with Gasteiger partial charge in [-0.15, -0.1) is 0 Å². The van der Waals surface area contributed by atoms with Crippen LogP contribution in [0.15, 0.2) is 11.6 Å². The lowest BCUT2D eigenvalue weighted by molar-refractivity contribution is -0.244. The Bertz CT molecular complexity index is 657. The van der Waals surface area contributed by atoms with Crippen LogP contribution in [0, 0.1) is 10.8 Å². The topological polar surface area (TPSA) is 106 Å². The molecule has 2 aliphatic heterocycles. The lowest BCUT2D eigenvalue weighted by atomic mass is 9.50. The maximum absolute atomic E-state index is 12.4. The second-order valence-corrected chi connectivity index (χ2v) is 7.25. The third kappa shape index (κ3) is 1.45. The Balaban J connectivity index is 1.87. The molecule has 2 N–H and O–H groups in total. The van der Waals surface area contributed by atoms with Gasteiger partial charge in [0.05, 0.1) is 24.7 Å². The number of fused-ring (bicyclic) bond motifs is 2. The molecule has 2 saturated heterocycles. The van der Waals surface area contributed by atoms with E-state index in [4.69, 9.17) is 15.6 Å². The molecule has 0 aromatic carbocycles. The SMILES string of the molecule is [2H]C(=O)O[C@@H]1C[C@]2(C)C3(CO)C(C=C(C)C(=O)C3O)O[C@H]1[C@@]21CO1.